The Morgan fingerprint density at radius 2 is 2.03 bits per heavy atom. The maximum Gasteiger partial charge on any atom is 0.240 e. The smallest absolute Gasteiger partial charge is 0.240 e. The van der Waals surface area contributed by atoms with Crippen LogP contribution in [0.2, 0.25) is 0 Å². The highest BCUT2D eigenvalue weighted by Gasteiger charge is 2.28. The highest BCUT2D eigenvalue weighted by Crippen LogP contribution is 2.37. The van der Waals surface area contributed by atoms with E-state index in [0.717, 1.165) is 53.8 Å². The molecule has 1 aromatic carbocycles. The molecule has 29 heavy (non-hydrogen) atoms. The minimum Gasteiger partial charge on any atom is -0.492 e. The third-order valence-electron chi connectivity index (χ3n) is 5.65. The molecule has 0 atom stereocenters. The van der Waals surface area contributed by atoms with Crippen LogP contribution in [0.4, 0.5) is 0 Å². The summed E-state index contributed by atoms with van der Waals surface area (Å²) in [6, 6.07) is 8.75. The van der Waals surface area contributed by atoms with E-state index < -0.39 is 10.0 Å². The molecule has 4 rings (SSSR count). The molecule has 1 fully saturated rings. The largest absolute Gasteiger partial charge is 0.492 e. The van der Waals surface area contributed by atoms with Gasteiger partial charge in [0, 0.05) is 23.4 Å². The SMILES string of the molecule is CNS(=O)(=O)c1cccc(-c2c[nH]c3nccc(OCC4(C)CCNCC4)c23)c1. The fraction of sp³-hybridized carbons (Fsp3) is 0.381. The Balaban J connectivity index is 1.71. The number of aromatic amines is 1. The van der Waals surface area contributed by atoms with Crippen LogP contribution in [0.1, 0.15) is 19.8 Å². The van der Waals surface area contributed by atoms with Gasteiger partial charge in [0.2, 0.25) is 10.0 Å². The Hall–Kier alpha value is -2.42. The number of benzene rings is 1. The predicted molar refractivity (Wildman–Crippen MR) is 113 cm³/mol. The van der Waals surface area contributed by atoms with Crippen molar-refractivity contribution in [2.24, 2.45) is 5.41 Å². The number of nitrogens with zero attached hydrogens (tertiary/aromatic N) is 1. The zero-order chi connectivity index (χ0) is 20.5. The Morgan fingerprint density at radius 1 is 1.24 bits per heavy atom. The molecule has 0 unspecified atom stereocenters. The topological polar surface area (TPSA) is 96.1 Å². The van der Waals surface area contributed by atoms with Crippen molar-refractivity contribution in [3.8, 4) is 16.9 Å². The zero-order valence-corrected chi connectivity index (χ0v) is 17.5. The standard InChI is InChI=1S/C21H26N4O3S/c1-21(7-10-23-11-8-21)14-28-18-6-9-24-20-19(18)17(13-25-20)15-4-3-5-16(12-15)29(26,27)22-2/h3-6,9,12-13,22-23H,7-8,10-11,14H2,1-2H3,(H,24,25). The van der Waals surface area contributed by atoms with Gasteiger partial charge in [-0.05, 0) is 56.7 Å². The minimum atomic E-state index is -3.52. The molecule has 0 aliphatic carbocycles. The predicted octanol–water partition coefficient (Wildman–Crippen LogP) is 2.91. The van der Waals surface area contributed by atoms with Gasteiger partial charge in [-0.1, -0.05) is 19.1 Å². The van der Waals surface area contributed by atoms with Crippen molar-refractivity contribution < 1.29 is 13.2 Å². The molecule has 0 radical (unpaired) electrons. The lowest BCUT2D eigenvalue weighted by atomic mass is 9.82. The number of hydrogen-bond donors (Lipinski definition) is 3. The van der Waals surface area contributed by atoms with Gasteiger partial charge in [0.05, 0.1) is 16.9 Å². The third kappa shape index (κ3) is 4.01. The number of aromatic nitrogens is 2. The molecular weight excluding hydrogens is 388 g/mol. The number of hydrogen-bond acceptors (Lipinski definition) is 5. The number of nitrogens with one attached hydrogen (secondary N) is 3. The van der Waals surface area contributed by atoms with Gasteiger partial charge in [-0.25, -0.2) is 18.1 Å². The van der Waals surface area contributed by atoms with Gasteiger partial charge in [-0.3, -0.25) is 0 Å². The number of piperidine rings is 1. The maximum absolute atomic E-state index is 12.2. The van der Waals surface area contributed by atoms with Gasteiger partial charge < -0.3 is 15.0 Å². The Labute approximate surface area is 170 Å². The molecule has 0 saturated carbocycles. The lowest BCUT2D eigenvalue weighted by molar-refractivity contribution is 0.124. The molecule has 2 aromatic heterocycles. The number of rotatable bonds is 6. The van der Waals surface area contributed by atoms with Crippen LogP contribution in [-0.4, -0.2) is 45.1 Å². The Bertz CT molecular complexity index is 1120. The van der Waals surface area contributed by atoms with E-state index in [4.69, 9.17) is 4.74 Å². The van der Waals surface area contributed by atoms with E-state index in [9.17, 15) is 8.42 Å². The first kappa shape index (κ1) is 19.9. The molecule has 3 N–H and O–H groups in total. The summed E-state index contributed by atoms with van der Waals surface area (Å²) in [6.07, 6.45) is 5.72. The second kappa shape index (κ2) is 7.78. The Kier molecular flexibility index (Phi) is 5.33. The van der Waals surface area contributed by atoms with E-state index in [0.29, 0.717) is 6.61 Å². The summed E-state index contributed by atoms with van der Waals surface area (Å²) in [6.45, 7) is 4.91. The fourth-order valence-corrected chi connectivity index (χ4v) is 4.53. The molecule has 0 spiro atoms. The summed E-state index contributed by atoms with van der Waals surface area (Å²) in [7, 11) is -2.11. The first-order chi connectivity index (χ1) is 13.9. The van der Waals surface area contributed by atoms with E-state index in [1.54, 1.807) is 24.4 Å². The summed E-state index contributed by atoms with van der Waals surface area (Å²) < 4.78 is 33.1. The van der Waals surface area contributed by atoms with Crippen molar-refractivity contribution in [2.45, 2.75) is 24.7 Å². The van der Waals surface area contributed by atoms with Crippen molar-refractivity contribution in [1.82, 2.24) is 20.0 Å². The van der Waals surface area contributed by atoms with Crippen molar-refractivity contribution in [2.75, 3.05) is 26.7 Å². The number of H-pyrrole nitrogens is 1. The summed E-state index contributed by atoms with van der Waals surface area (Å²) in [5.74, 6) is 0.757. The fourth-order valence-electron chi connectivity index (χ4n) is 3.75. The van der Waals surface area contributed by atoms with Crippen LogP contribution in [0, 0.1) is 5.41 Å². The summed E-state index contributed by atoms with van der Waals surface area (Å²) in [5, 5.41) is 4.26. The van der Waals surface area contributed by atoms with E-state index in [1.807, 2.05) is 18.3 Å². The monoisotopic (exact) mass is 414 g/mol. The third-order valence-corrected chi connectivity index (χ3v) is 7.06. The normalized spacial score (nSPS) is 16.8. The van der Waals surface area contributed by atoms with Gasteiger partial charge in [0.25, 0.3) is 0 Å². The van der Waals surface area contributed by atoms with Gasteiger partial charge in [-0.15, -0.1) is 0 Å². The molecule has 8 heteroatoms. The van der Waals surface area contributed by atoms with Crippen LogP contribution in [0.15, 0.2) is 47.6 Å². The second-order valence-electron chi connectivity index (χ2n) is 7.82. The molecule has 154 valence electrons. The number of fused-ring (bicyclic) bond motifs is 1. The minimum absolute atomic E-state index is 0.137. The van der Waals surface area contributed by atoms with E-state index >= 15 is 0 Å². The lowest BCUT2D eigenvalue weighted by Gasteiger charge is -2.33. The van der Waals surface area contributed by atoms with Gasteiger partial charge in [-0.2, -0.15) is 0 Å². The molecule has 0 amide bonds. The average molecular weight is 415 g/mol. The van der Waals surface area contributed by atoms with Gasteiger partial charge in [0.15, 0.2) is 0 Å². The van der Waals surface area contributed by atoms with Crippen LogP contribution in [-0.2, 0) is 10.0 Å². The molecular formula is C21H26N4O3S. The molecule has 1 aliphatic rings. The zero-order valence-electron chi connectivity index (χ0n) is 16.7. The number of ether oxygens (including phenoxy) is 1. The summed E-state index contributed by atoms with van der Waals surface area (Å²) in [5.41, 5.74) is 2.51. The average Bonchev–Trinajstić information content (AvgIpc) is 3.18. The van der Waals surface area contributed by atoms with Crippen LogP contribution < -0.4 is 14.8 Å². The second-order valence-corrected chi connectivity index (χ2v) is 9.71. The Morgan fingerprint density at radius 3 is 2.79 bits per heavy atom. The van der Waals surface area contributed by atoms with Crippen molar-refractivity contribution in [3.63, 3.8) is 0 Å². The first-order valence-corrected chi connectivity index (χ1v) is 11.2. The van der Waals surface area contributed by atoms with Crippen molar-refractivity contribution in [1.29, 1.82) is 0 Å². The summed E-state index contributed by atoms with van der Waals surface area (Å²) in [4.78, 5) is 7.81. The number of pyridine rings is 1. The molecule has 0 bridgehead atoms. The molecule has 3 heterocycles. The molecule has 1 saturated heterocycles. The highest BCUT2D eigenvalue weighted by molar-refractivity contribution is 7.89. The van der Waals surface area contributed by atoms with Gasteiger partial charge >= 0.3 is 0 Å². The highest BCUT2D eigenvalue weighted by atomic mass is 32.2. The van der Waals surface area contributed by atoms with E-state index in [-0.39, 0.29) is 10.3 Å². The first-order valence-electron chi connectivity index (χ1n) is 9.75. The van der Waals surface area contributed by atoms with Crippen LogP contribution in [0.25, 0.3) is 22.2 Å². The molecule has 1 aliphatic heterocycles. The quantitative estimate of drug-likeness (QED) is 0.576. The number of sulfonamides is 1. The van der Waals surface area contributed by atoms with Gasteiger partial charge in [0.1, 0.15) is 11.4 Å². The van der Waals surface area contributed by atoms with Crippen molar-refractivity contribution in [3.05, 3.63) is 42.7 Å². The molecule has 7 nitrogen and oxygen atoms in total. The summed E-state index contributed by atoms with van der Waals surface area (Å²) >= 11 is 0. The van der Waals surface area contributed by atoms with Crippen LogP contribution in [0.3, 0.4) is 0 Å². The van der Waals surface area contributed by atoms with Crippen molar-refractivity contribution >= 4 is 21.1 Å². The van der Waals surface area contributed by atoms with E-state index in [1.165, 1.54) is 7.05 Å². The van der Waals surface area contributed by atoms with Crippen LogP contribution >= 0.6 is 0 Å². The van der Waals surface area contributed by atoms with E-state index in [2.05, 4.69) is 26.9 Å². The lowest BCUT2D eigenvalue weighted by Crippen LogP contribution is -2.38. The van der Waals surface area contributed by atoms with Crippen LogP contribution in [0.5, 0.6) is 5.75 Å². The molecule has 3 aromatic rings. The maximum atomic E-state index is 12.2.